The third kappa shape index (κ3) is 6.21. The lowest BCUT2D eigenvalue weighted by Crippen LogP contribution is -2.42. The SMILES string of the molecule is COC(=O)C1=C(Nc2ccc(CC(NC(=O)OCC3c4ccccc4-c4ccccc43)C(=O)O)cc2)C(=O)N(CCO)C1. The van der Waals surface area contributed by atoms with Gasteiger partial charge in [0.1, 0.15) is 18.3 Å². The molecule has 0 fully saturated rings. The normalized spacial score (nSPS) is 14.7. The fraction of sp³-hybridized carbons (Fsp3) is 0.250. The molecule has 1 heterocycles. The summed E-state index contributed by atoms with van der Waals surface area (Å²) in [6, 6.07) is 21.2. The smallest absolute Gasteiger partial charge is 0.407 e. The van der Waals surface area contributed by atoms with E-state index in [1.807, 2.05) is 48.5 Å². The highest BCUT2D eigenvalue weighted by Crippen LogP contribution is 2.44. The summed E-state index contributed by atoms with van der Waals surface area (Å²) in [4.78, 5) is 51.0. The van der Waals surface area contributed by atoms with E-state index < -0.39 is 30.0 Å². The number of nitrogens with zero attached hydrogens (tertiary/aromatic N) is 1. The van der Waals surface area contributed by atoms with Gasteiger partial charge in [0.15, 0.2) is 0 Å². The maximum absolute atomic E-state index is 12.7. The average molecular weight is 586 g/mol. The first-order chi connectivity index (χ1) is 20.8. The topological polar surface area (TPSA) is 155 Å². The van der Waals surface area contributed by atoms with Gasteiger partial charge in [0.2, 0.25) is 0 Å². The summed E-state index contributed by atoms with van der Waals surface area (Å²) < 4.78 is 10.3. The van der Waals surface area contributed by atoms with E-state index in [1.54, 1.807) is 24.3 Å². The van der Waals surface area contributed by atoms with Gasteiger partial charge in [-0.1, -0.05) is 60.7 Å². The standard InChI is InChI=1S/C32H31N3O8/c1-42-31(40)25-17-35(14-15-36)29(37)28(25)33-20-12-10-19(11-13-20)16-27(30(38)39)34-32(41)43-18-26-23-8-4-2-6-21(23)22-7-3-5-9-24(22)26/h2-13,26-27,33,36H,14-18H2,1H3,(H,34,41)(H,38,39). The number of anilines is 1. The number of methoxy groups -OCH3 is 1. The molecule has 2 amide bonds. The third-order valence-electron chi connectivity index (χ3n) is 7.55. The predicted octanol–water partition coefficient (Wildman–Crippen LogP) is 2.89. The molecule has 0 spiro atoms. The third-order valence-corrected chi connectivity index (χ3v) is 7.55. The van der Waals surface area contributed by atoms with Crippen LogP contribution in [0.3, 0.4) is 0 Å². The van der Waals surface area contributed by atoms with Crippen molar-refractivity contribution in [2.75, 3.05) is 38.7 Å². The lowest BCUT2D eigenvalue weighted by Gasteiger charge is -2.18. The molecule has 1 aliphatic carbocycles. The van der Waals surface area contributed by atoms with Crippen molar-refractivity contribution < 1.29 is 38.9 Å². The van der Waals surface area contributed by atoms with E-state index in [0.717, 1.165) is 22.3 Å². The Morgan fingerprint density at radius 1 is 0.977 bits per heavy atom. The second-order valence-electron chi connectivity index (χ2n) is 10.2. The molecule has 222 valence electrons. The molecule has 4 N–H and O–H groups in total. The number of carboxylic acids is 1. The number of aliphatic hydroxyl groups is 1. The van der Waals surface area contributed by atoms with Crippen molar-refractivity contribution in [2.24, 2.45) is 0 Å². The first-order valence-corrected chi connectivity index (χ1v) is 13.7. The Balaban J connectivity index is 1.21. The molecular formula is C32H31N3O8. The van der Waals surface area contributed by atoms with Gasteiger partial charge in [-0.25, -0.2) is 14.4 Å². The summed E-state index contributed by atoms with van der Waals surface area (Å²) in [7, 11) is 1.22. The van der Waals surface area contributed by atoms with Crippen LogP contribution in [0.15, 0.2) is 84.1 Å². The Kier molecular flexibility index (Phi) is 8.72. The largest absolute Gasteiger partial charge is 0.480 e. The minimum Gasteiger partial charge on any atom is -0.480 e. The fourth-order valence-electron chi connectivity index (χ4n) is 5.44. The first kappa shape index (κ1) is 29.3. The van der Waals surface area contributed by atoms with Crippen LogP contribution in [0.1, 0.15) is 22.6 Å². The van der Waals surface area contributed by atoms with Crippen LogP contribution in [0.2, 0.25) is 0 Å². The van der Waals surface area contributed by atoms with Crippen LogP contribution in [0.25, 0.3) is 11.1 Å². The lowest BCUT2D eigenvalue weighted by molar-refractivity contribution is -0.139. The van der Waals surface area contributed by atoms with Gasteiger partial charge in [0.05, 0.1) is 25.8 Å². The lowest BCUT2D eigenvalue weighted by atomic mass is 9.98. The number of carbonyl (C=O) groups is 4. The van der Waals surface area contributed by atoms with E-state index in [0.29, 0.717) is 11.3 Å². The number of rotatable bonds is 11. The zero-order chi connectivity index (χ0) is 30.5. The fourth-order valence-corrected chi connectivity index (χ4v) is 5.44. The van der Waals surface area contributed by atoms with E-state index in [-0.39, 0.29) is 49.9 Å². The molecule has 0 bridgehead atoms. The monoisotopic (exact) mass is 585 g/mol. The number of carboxylic acid groups (broad SMARTS) is 1. The van der Waals surface area contributed by atoms with Crippen LogP contribution in [0.4, 0.5) is 10.5 Å². The number of carbonyl (C=O) groups excluding carboxylic acids is 3. The highest BCUT2D eigenvalue weighted by atomic mass is 16.5. The van der Waals surface area contributed by atoms with Crippen molar-refractivity contribution in [3.63, 3.8) is 0 Å². The van der Waals surface area contributed by atoms with Gasteiger partial charge in [-0.05, 0) is 39.9 Å². The van der Waals surface area contributed by atoms with Crippen molar-refractivity contribution in [2.45, 2.75) is 18.4 Å². The van der Waals surface area contributed by atoms with Crippen molar-refractivity contribution in [3.05, 3.63) is 101 Å². The minimum absolute atomic E-state index is 0.00825. The zero-order valence-electron chi connectivity index (χ0n) is 23.4. The molecule has 43 heavy (non-hydrogen) atoms. The molecule has 3 aromatic rings. The second kappa shape index (κ2) is 12.8. The van der Waals surface area contributed by atoms with Crippen molar-refractivity contribution in [3.8, 4) is 11.1 Å². The van der Waals surface area contributed by atoms with Crippen LogP contribution in [0.5, 0.6) is 0 Å². The van der Waals surface area contributed by atoms with Crippen molar-refractivity contribution in [1.29, 1.82) is 0 Å². The Labute approximate surface area is 247 Å². The zero-order valence-corrected chi connectivity index (χ0v) is 23.4. The minimum atomic E-state index is -1.24. The van der Waals surface area contributed by atoms with Gasteiger partial charge < -0.3 is 35.2 Å². The Bertz CT molecular complexity index is 1540. The highest BCUT2D eigenvalue weighted by molar-refractivity contribution is 6.08. The molecule has 11 nitrogen and oxygen atoms in total. The molecule has 11 heteroatoms. The Hall–Kier alpha value is -5.16. The van der Waals surface area contributed by atoms with Crippen molar-refractivity contribution in [1.82, 2.24) is 10.2 Å². The number of benzene rings is 3. The number of hydrogen-bond donors (Lipinski definition) is 4. The summed E-state index contributed by atoms with van der Waals surface area (Å²) in [5.74, 6) is -2.48. The van der Waals surface area contributed by atoms with Crippen LogP contribution in [-0.4, -0.2) is 78.5 Å². The van der Waals surface area contributed by atoms with Gasteiger partial charge in [0, 0.05) is 24.6 Å². The number of aliphatic carboxylic acids is 1. The van der Waals surface area contributed by atoms with Gasteiger partial charge in [-0.15, -0.1) is 0 Å². The first-order valence-electron chi connectivity index (χ1n) is 13.7. The van der Waals surface area contributed by atoms with E-state index in [9.17, 15) is 29.4 Å². The van der Waals surface area contributed by atoms with Crippen LogP contribution in [0, 0.1) is 0 Å². The molecule has 0 saturated heterocycles. The molecule has 1 atom stereocenters. The molecule has 5 rings (SSSR count). The van der Waals surface area contributed by atoms with Crippen LogP contribution in [-0.2, 0) is 30.3 Å². The number of ether oxygens (including phenoxy) is 2. The number of hydrogen-bond acceptors (Lipinski definition) is 8. The predicted molar refractivity (Wildman–Crippen MR) is 156 cm³/mol. The molecule has 2 aliphatic rings. The van der Waals surface area contributed by atoms with Crippen molar-refractivity contribution >= 4 is 29.6 Å². The van der Waals surface area contributed by atoms with Crippen LogP contribution < -0.4 is 10.6 Å². The molecule has 1 unspecified atom stereocenters. The summed E-state index contributed by atoms with van der Waals surface area (Å²) in [5, 5.41) is 24.4. The quantitative estimate of drug-likeness (QED) is 0.249. The maximum atomic E-state index is 12.7. The number of β-amino-alcohol motifs (C(OH)–C–C–N with tert-alkyl or cyclic N) is 1. The summed E-state index contributed by atoms with van der Waals surface area (Å²) in [5.41, 5.74) is 5.56. The second-order valence-corrected chi connectivity index (χ2v) is 10.2. The number of amides is 2. The number of fused-ring (bicyclic) bond motifs is 3. The van der Waals surface area contributed by atoms with Crippen LogP contribution >= 0.6 is 0 Å². The molecular weight excluding hydrogens is 554 g/mol. The van der Waals surface area contributed by atoms with Gasteiger partial charge >= 0.3 is 18.0 Å². The summed E-state index contributed by atoms with van der Waals surface area (Å²) >= 11 is 0. The number of nitrogens with one attached hydrogen (secondary N) is 2. The molecule has 1 aliphatic heterocycles. The highest BCUT2D eigenvalue weighted by Gasteiger charge is 2.34. The molecule has 3 aromatic carbocycles. The van der Waals surface area contributed by atoms with E-state index in [2.05, 4.69) is 10.6 Å². The van der Waals surface area contributed by atoms with Gasteiger partial charge in [0.25, 0.3) is 5.91 Å². The van der Waals surface area contributed by atoms with Gasteiger partial charge in [-0.3, -0.25) is 4.79 Å². The number of esters is 1. The van der Waals surface area contributed by atoms with E-state index in [4.69, 9.17) is 9.47 Å². The summed E-state index contributed by atoms with van der Waals surface area (Å²) in [6.07, 6.45) is -0.846. The Morgan fingerprint density at radius 2 is 1.60 bits per heavy atom. The Morgan fingerprint density at radius 3 is 2.19 bits per heavy atom. The van der Waals surface area contributed by atoms with E-state index >= 15 is 0 Å². The number of alkyl carbamates (subject to hydrolysis) is 1. The maximum Gasteiger partial charge on any atom is 0.407 e. The molecule has 0 aromatic heterocycles. The number of aliphatic hydroxyl groups excluding tert-OH is 1. The summed E-state index contributed by atoms with van der Waals surface area (Å²) in [6.45, 7) is -0.119. The molecule has 0 saturated carbocycles. The van der Waals surface area contributed by atoms with Gasteiger partial charge in [-0.2, -0.15) is 0 Å². The average Bonchev–Trinajstić information content (AvgIpc) is 3.50. The molecule has 0 radical (unpaired) electrons. The van der Waals surface area contributed by atoms with E-state index in [1.165, 1.54) is 12.0 Å².